The summed E-state index contributed by atoms with van der Waals surface area (Å²) in [6.45, 7) is 0.382. The van der Waals surface area contributed by atoms with Crippen molar-refractivity contribution in [2.45, 2.75) is 17.0 Å². The van der Waals surface area contributed by atoms with Gasteiger partial charge < -0.3 is 18.5 Å². The zero-order chi connectivity index (χ0) is 20.5. The topological polar surface area (TPSA) is 88.1 Å². The molecule has 0 saturated heterocycles. The van der Waals surface area contributed by atoms with Crippen LogP contribution in [-0.4, -0.2) is 31.6 Å². The third-order valence-corrected chi connectivity index (χ3v) is 6.26. The van der Waals surface area contributed by atoms with Gasteiger partial charge in [0.05, 0.1) is 11.3 Å². The number of benzene rings is 2. The minimum absolute atomic E-state index is 0.322. The first-order valence-electron chi connectivity index (χ1n) is 9.17. The van der Waals surface area contributed by atoms with Crippen molar-refractivity contribution in [2.75, 3.05) is 6.61 Å². The van der Waals surface area contributed by atoms with Crippen LogP contribution in [0.15, 0.2) is 62.6 Å². The lowest BCUT2D eigenvalue weighted by atomic mass is 10.2. The van der Waals surface area contributed by atoms with Gasteiger partial charge in [-0.25, -0.2) is 0 Å². The van der Waals surface area contributed by atoms with E-state index >= 15 is 0 Å². The molecule has 30 heavy (non-hydrogen) atoms. The number of ether oxygens (including phenoxy) is 2. The summed E-state index contributed by atoms with van der Waals surface area (Å²) in [5, 5.41) is 17.6. The summed E-state index contributed by atoms with van der Waals surface area (Å²) in [6, 6.07) is 15.3. The summed E-state index contributed by atoms with van der Waals surface area (Å²) in [6.07, 6.45) is -0.322. The van der Waals surface area contributed by atoms with Crippen LogP contribution in [0.3, 0.4) is 0 Å². The summed E-state index contributed by atoms with van der Waals surface area (Å²) < 4.78 is 20.4. The Balaban J connectivity index is 1.28. The van der Waals surface area contributed by atoms with Crippen molar-refractivity contribution in [2.24, 2.45) is 7.05 Å². The van der Waals surface area contributed by atoms with Gasteiger partial charge in [-0.3, -0.25) is 0 Å². The fourth-order valence-electron chi connectivity index (χ4n) is 3.06. The van der Waals surface area contributed by atoms with Gasteiger partial charge in [-0.05, 0) is 40.2 Å². The normalized spacial score (nSPS) is 15.3. The SMILES string of the molecule is Cn1c(SCc2nnc(-c3ccccc3Br)o2)nnc1C1COc2ccccc2O1. The van der Waals surface area contributed by atoms with Crippen LogP contribution in [0.1, 0.15) is 17.8 Å². The monoisotopic (exact) mass is 485 g/mol. The maximum Gasteiger partial charge on any atom is 0.248 e. The number of fused-ring (bicyclic) bond motifs is 1. The minimum Gasteiger partial charge on any atom is -0.485 e. The number of thioether (sulfide) groups is 1. The molecule has 152 valence electrons. The van der Waals surface area contributed by atoms with E-state index in [9.17, 15) is 0 Å². The maximum absolute atomic E-state index is 6.04. The van der Waals surface area contributed by atoms with E-state index in [2.05, 4.69) is 36.3 Å². The molecule has 0 N–H and O–H groups in total. The van der Waals surface area contributed by atoms with Gasteiger partial charge in [-0.1, -0.05) is 36.0 Å². The molecule has 1 aliphatic heterocycles. The van der Waals surface area contributed by atoms with E-state index in [1.807, 2.05) is 60.1 Å². The molecule has 1 atom stereocenters. The molecule has 0 spiro atoms. The lowest BCUT2D eigenvalue weighted by Crippen LogP contribution is -2.24. The number of hydrogen-bond acceptors (Lipinski definition) is 8. The zero-order valence-corrected chi connectivity index (χ0v) is 18.3. The van der Waals surface area contributed by atoms with Gasteiger partial charge in [-0.15, -0.1) is 20.4 Å². The van der Waals surface area contributed by atoms with Crippen molar-refractivity contribution in [3.63, 3.8) is 0 Å². The molecule has 2 aromatic heterocycles. The molecular formula is C20H16BrN5O3S. The van der Waals surface area contributed by atoms with Crippen molar-refractivity contribution in [1.82, 2.24) is 25.0 Å². The molecule has 0 fully saturated rings. The Kier molecular flexibility index (Phi) is 5.17. The van der Waals surface area contributed by atoms with E-state index in [-0.39, 0.29) is 6.10 Å². The molecule has 5 rings (SSSR count). The zero-order valence-electron chi connectivity index (χ0n) is 15.9. The average Bonchev–Trinajstić information content (AvgIpc) is 3.39. The molecule has 1 aliphatic rings. The summed E-state index contributed by atoms with van der Waals surface area (Å²) in [5.41, 5.74) is 0.858. The summed E-state index contributed by atoms with van der Waals surface area (Å²) in [5.74, 6) is 3.61. The highest BCUT2D eigenvalue weighted by molar-refractivity contribution is 9.10. The lowest BCUT2D eigenvalue weighted by molar-refractivity contribution is 0.0825. The molecule has 0 aliphatic carbocycles. The van der Waals surface area contributed by atoms with Gasteiger partial charge in [0, 0.05) is 11.5 Å². The second-order valence-corrected chi connectivity index (χ2v) is 8.33. The van der Waals surface area contributed by atoms with E-state index in [1.54, 1.807) is 0 Å². The average molecular weight is 486 g/mol. The van der Waals surface area contributed by atoms with E-state index in [4.69, 9.17) is 13.9 Å². The Bertz CT molecular complexity index is 1190. The van der Waals surface area contributed by atoms with Gasteiger partial charge in [0.15, 0.2) is 28.6 Å². The Morgan fingerprint density at radius 2 is 1.83 bits per heavy atom. The molecule has 1 unspecified atom stereocenters. The van der Waals surface area contributed by atoms with Gasteiger partial charge in [0.1, 0.15) is 6.61 Å². The molecule has 0 saturated carbocycles. The first-order chi connectivity index (χ1) is 14.7. The Morgan fingerprint density at radius 3 is 2.70 bits per heavy atom. The standard InChI is InChI=1S/C20H16BrN5O3S/c1-26-18(16-10-27-14-8-4-5-9-15(14)28-16)23-25-20(26)30-11-17-22-24-19(29-17)12-6-2-3-7-13(12)21/h2-9,16H,10-11H2,1H3. The van der Waals surface area contributed by atoms with E-state index < -0.39 is 0 Å². The van der Waals surface area contributed by atoms with Crippen molar-refractivity contribution >= 4 is 27.7 Å². The highest BCUT2D eigenvalue weighted by Gasteiger charge is 2.27. The smallest absolute Gasteiger partial charge is 0.248 e. The molecule has 0 amide bonds. The van der Waals surface area contributed by atoms with Crippen LogP contribution in [0.4, 0.5) is 0 Å². The van der Waals surface area contributed by atoms with Gasteiger partial charge in [-0.2, -0.15) is 0 Å². The third kappa shape index (κ3) is 3.68. The largest absolute Gasteiger partial charge is 0.485 e. The van der Waals surface area contributed by atoms with Gasteiger partial charge in [0.2, 0.25) is 11.8 Å². The Morgan fingerprint density at radius 1 is 1.03 bits per heavy atom. The number of nitrogens with zero attached hydrogens (tertiary/aromatic N) is 5. The lowest BCUT2D eigenvalue weighted by Gasteiger charge is -2.25. The summed E-state index contributed by atoms with van der Waals surface area (Å²) in [7, 11) is 1.90. The molecule has 4 aromatic rings. The van der Waals surface area contributed by atoms with Crippen molar-refractivity contribution in [3.8, 4) is 23.0 Å². The van der Waals surface area contributed by atoms with Gasteiger partial charge in [0.25, 0.3) is 0 Å². The van der Waals surface area contributed by atoms with Crippen LogP contribution in [0, 0.1) is 0 Å². The third-order valence-electron chi connectivity index (χ3n) is 4.56. The van der Waals surface area contributed by atoms with E-state index in [0.717, 1.165) is 20.9 Å². The molecule has 10 heteroatoms. The molecular weight excluding hydrogens is 470 g/mol. The molecule has 3 heterocycles. The minimum atomic E-state index is -0.322. The van der Waals surface area contributed by atoms with Crippen molar-refractivity contribution in [1.29, 1.82) is 0 Å². The first-order valence-corrected chi connectivity index (χ1v) is 10.9. The van der Waals surface area contributed by atoms with Crippen LogP contribution in [0.25, 0.3) is 11.5 Å². The number of rotatable bonds is 5. The Hall–Kier alpha value is -2.85. The quantitative estimate of drug-likeness (QED) is 0.383. The van der Waals surface area contributed by atoms with E-state index in [1.165, 1.54) is 11.8 Å². The summed E-state index contributed by atoms with van der Waals surface area (Å²) >= 11 is 4.97. The number of hydrogen-bond donors (Lipinski definition) is 0. The predicted octanol–water partition coefficient (Wildman–Crippen LogP) is 4.43. The van der Waals surface area contributed by atoms with Crippen molar-refractivity contribution < 1.29 is 13.9 Å². The maximum atomic E-state index is 6.04. The van der Waals surface area contributed by atoms with Crippen LogP contribution >= 0.6 is 27.7 Å². The second-order valence-electron chi connectivity index (χ2n) is 6.53. The molecule has 2 aromatic carbocycles. The van der Waals surface area contributed by atoms with Crippen LogP contribution in [0.5, 0.6) is 11.5 Å². The second kappa shape index (κ2) is 8.11. The predicted molar refractivity (Wildman–Crippen MR) is 113 cm³/mol. The fourth-order valence-corrected chi connectivity index (χ4v) is 4.27. The van der Waals surface area contributed by atoms with Crippen LogP contribution < -0.4 is 9.47 Å². The highest BCUT2D eigenvalue weighted by atomic mass is 79.9. The fraction of sp³-hybridized carbons (Fsp3) is 0.200. The number of halogens is 1. The van der Waals surface area contributed by atoms with E-state index in [0.29, 0.717) is 35.7 Å². The first kappa shape index (κ1) is 19.1. The Labute approximate surface area is 184 Å². The summed E-state index contributed by atoms with van der Waals surface area (Å²) in [4.78, 5) is 0. The van der Waals surface area contributed by atoms with Gasteiger partial charge >= 0.3 is 0 Å². The number of para-hydroxylation sites is 2. The molecule has 0 bridgehead atoms. The number of aromatic nitrogens is 5. The van der Waals surface area contributed by atoms with Crippen molar-refractivity contribution in [3.05, 3.63) is 64.7 Å². The molecule has 8 nitrogen and oxygen atoms in total. The van der Waals surface area contributed by atoms with Crippen LogP contribution in [0.2, 0.25) is 0 Å². The molecule has 0 radical (unpaired) electrons. The van der Waals surface area contributed by atoms with Crippen LogP contribution in [-0.2, 0) is 12.8 Å². The highest BCUT2D eigenvalue weighted by Crippen LogP contribution is 2.36.